The van der Waals surface area contributed by atoms with E-state index in [0.717, 1.165) is 24.9 Å². The zero-order valence-corrected chi connectivity index (χ0v) is 13.3. The fourth-order valence-corrected chi connectivity index (χ4v) is 3.15. The summed E-state index contributed by atoms with van der Waals surface area (Å²) in [5.74, 6) is 0.0836. The van der Waals surface area contributed by atoms with E-state index < -0.39 is 6.10 Å². The SMILES string of the molecule is CCN(CC(=O)NCC1(C(O)c2ccccc2)CC1)C1CC1. The maximum atomic E-state index is 12.1. The summed E-state index contributed by atoms with van der Waals surface area (Å²) < 4.78 is 0. The van der Waals surface area contributed by atoms with Crippen molar-refractivity contribution in [3.63, 3.8) is 0 Å². The lowest BCUT2D eigenvalue weighted by atomic mass is 9.92. The van der Waals surface area contributed by atoms with Crippen molar-refractivity contribution in [3.05, 3.63) is 35.9 Å². The predicted octanol–water partition coefficient (Wildman–Crippen LogP) is 2.10. The third-order valence-electron chi connectivity index (χ3n) is 5.04. The van der Waals surface area contributed by atoms with Gasteiger partial charge in [-0.15, -0.1) is 0 Å². The Kier molecular flexibility index (Phi) is 4.50. The van der Waals surface area contributed by atoms with Crippen LogP contribution in [-0.2, 0) is 4.79 Å². The van der Waals surface area contributed by atoms with E-state index in [1.807, 2.05) is 30.3 Å². The Labute approximate surface area is 132 Å². The Bertz CT molecular complexity index is 509. The van der Waals surface area contributed by atoms with Crippen molar-refractivity contribution in [1.29, 1.82) is 0 Å². The number of carbonyl (C=O) groups excluding carboxylic acids is 1. The highest BCUT2D eigenvalue weighted by Crippen LogP contribution is 2.54. The number of hydrogen-bond donors (Lipinski definition) is 2. The van der Waals surface area contributed by atoms with Crippen molar-refractivity contribution >= 4 is 5.91 Å². The molecule has 1 atom stereocenters. The molecule has 0 heterocycles. The van der Waals surface area contributed by atoms with Crippen LogP contribution in [0.1, 0.15) is 44.3 Å². The molecule has 2 saturated carbocycles. The summed E-state index contributed by atoms with van der Waals surface area (Å²) in [6, 6.07) is 10.4. The van der Waals surface area contributed by atoms with E-state index in [0.29, 0.717) is 19.1 Å². The Morgan fingerprint density at radius 2 is 2.05 bits per heavy atom. The zero-order valence-electron chi connectivity index (χ0n) is 13.3. The summed E-state index contributed by atoms with van der Waals surface area (Å²) in [5.41, 5.74) is 0.788. The van der Waals surface area contributed by atoms with Gasteiger partial charge in [-0.05, 0) is 37.8 Å². The lowest BCUT2D eigenvalue weighted by molar-refractivity contribution is -0.122. The number of likely N-dealkylation sites (N-methyl/N-ethyl adjacent to an activating group) is 1. The number of aliphatic hydroxyl groups excluding tert-OH is 1. The molecule has 22 heavy (non-hydrogen) atoms. The van der Waals surface area contributed by atoms with Gasteiger partial charge in [0.25, 0.3) is 0 Å². The van der Waals surface area contributed by atoms with Gasteiger partial charge < -0.3 is 10.4 Å². The molecule has 2 aliphatic rings. The summed E-state index contributed by atoms with van der Waals surface area (Å²) in [5, 5.41) is 13.6. The molecule has 0 radical (unpaired) electrons. The van der Waals surface area contributed by atoms with Crippen LogP contribution in [0.2, 0.25) is 0 Å². The maximum absolute atomic E-state index is 12.1. The molecule has 2 fully saturated rings. The molecule has 0 bridgehead atoms. The van der Waals surface area contributed by atoms with Gasteiger partial charge in [0.1, 0.15) is 0 Å². The van der Waals surface area contributed by atoms with Gasteiger partial charge in [-0.3, -0.25) is 9.69 Å². The Morgan fingerprint density at radius 3 is 2.59 bits per heavy atom. The molecule has 0 aliphatic heterocycles. The normalized spacial score (nSPS) is 20.7. The smallest absolute Gasteiger partial charge is 0.234 e. The fraction of sp³-hybridized carbons (Fsp3) is 0.611. The van der Waals surface area contributed by atoms with E-state index in [2.05, 4.69) is 17.1 Å². The molecule has 1 unspecified atom stereocenters. The third kappa shape index (κ3) is 3.50. The molecule has 2 aliphatic carbocycles. The molecule has 3 rings (SSSR count). The molecule has 0 spiro atoms. The average Bonchev–Trinajstić information content (AvgIpc) is 3.45. The zero-order chi connectivity index (χ0) is 15.6. The van der Waals surface area contributed by atoms with Gasteiger partial charge in [-0.1, -0.05) is 37.3 Å². The van der Waals surface area contributed by atoms with Gasteiger partial charge in [0, 0.05) is 18.0 Å². The van der Waals surface area contributed by atoms with Crippen molar-refractivity contribution in [3.8, 4) is 0 Å². The molecular formula is C18H26N2O2. The highest BCUT2D eigenvalue weighted by Gasteiger charge is 2.49. The van der Waals surface area contributed by atoms with E-state index in [1.165, 1.54) is 12.8 Å². The first-order chi connectivity index (χ1) is 10.6. The van der Waals surface area contributed by atoms with Crippen LogP contribution in [0.15, 0.2) is 30.3 Å². The predicted molar refractivity (Wildman–Crippen MR) is 86.3 cm³/mol. The van der Waals surface area contributed by atoms with Crippen molar-refractivity contribution < 1.29 is 9.90 Å². The highest BCUT2D eigenvalue weighted by molar-refractivity contribution is 5.78. The lowest BCUT2D eigenvalue weighted by Crippen LogP contribution is -2.41. The second-order valence-electron chi connectivity index (χ2n) is 6.75. The van der Waals surface area contributed by atoms with Gasteiger partial charge in [0.05, 0.1) is 12.6 Å². The van der Waals surface area contributed by atoms with E-state index >= 15 is 0 Å². The molecule has 0 aromatic heterocycles. The lowest BCUT2D eigenvalue weighted by Gasteiger charge is -2.24. The van der Waals surface area contributed by atoms with Crippen molar-refractivity contribution in [2.45, 2.75) is 44.8 Å². The molecule has 2 N–H and O–H groups in total. The molecule has 0 saturated heterocycles. The van der Waals surface area contributed by atoms with Crippen LogP contribution in [0.3, 0.4) is 0 Å². The first-order valence-electron chi connectivity index (χ1n) is 8.38. The van der Waals surface area contributed by atoms with E-state index in [1.54, 1.807) is 0 Å². The fourth-order valence-electron chi connectivity index (χ4n) is 3.15. The first kappa shape index (κ1) is 15.5. The standard InChI is InChI=1S/C18H26N2O2/c1-2-20(15-8-9-15)12-16(21)19-13-18(10-11-18)17(22)14-6-4-3-5-7-14/h3-7,15,17,22H,2,8-13H2,1H3,(H,19,21). The number of hydrogen-bond acceptors (Lipinski definition) is 3. The van der Waals surface area contributed by atoms with Crippen molar-refractivity contribution in [2.75, 3.05) is 19.6 Å². The summed E-state index contributed by atoms with van der Waals surface area (Å²) in [7, 11) is 0. The van der Waals surface area contributed by atoms with Crippen LogP contribution in [0.25, 0.3) is 0 Å². The van der Waals surface area contributed by atoms with Gasteiger partial charge in [-0.2, -0.15) is 0 Å². The Morgan fingerprint density at radius 1 is 1.36 bits per heavy atom. The molecule has 4 heteroatoms. The first-order valence-corrected chi connectivity index (χ1v) is 8.38. The minimum atomic E-state index is -0.486. The third-order valence-corrected chi connectivity index (χ3v) is 5.04. The monoisotopic (exact) mass is 302 g/mol. The van der Waals surface area contributed by atoms with Crippen LogP contribution < -0.4 is 5.32 Å². The van der Waals surface area contributed by atoms with Crippen LogP contribution in [0.5, 0.6) is 0 Å². The Balaban J connectivity index is 1.51. The molecule has 1 aromatic rings. The van der Waals surface area contributed by atoms with Crippen LogP contribution in [-0.4, -0.2) is 41.6 Å². The molecule has 1 amide bonds. The van der Waals surface area contributed by atoms with Crippen LogP contribution in [0.4, 0.5) is 0 Å². The number of aliphatic hydroxyl groups is 1. The molecule has 4 nitrogen and oxygen atoms in total. The topological polar surface area (TPSA) is 52.6 Å². The van der Waals surface area contributed by atoms with E-state index in [4.69, 9.17) is 0 Å². The average molecular weight is 302 g/mol. The number of nitrogens with one attached hydrogen (secondary N) is 1. The van der Waals surface area contributed by atoms with Crippen LogP contribution in [0, 0.1) is 5.41 Å². The van der Waals surface area contributed by atoms with Gasteiger partial charge >= 0.3 is 0 Å². The highest BCUT2D eigenvalue weighted by atomic mass is 16.3. The maximum Gasteiger partial charge on any atom is 0.234 e. The molecule has 1 aromatic carbocycles. The number of benzene rings is 1. The molecular weight excluding hydrogens is 276 g/mol. The van der Waals surface area contributed by atoms with Crippen molar-refractivity contribution in [2.24, 2.45) is 5.41 Å². The quantitative estimate of drug-likeness (QED) is 0.773. The number of amides is 1. The van der Waals surface area contributed by atoms with Gasteiger partial charge in [-0.25, -0.2) is 0 Å². The van der Waals surface area contributed by atoms with E-state index in [-0.39, 0.29) is 11.3 Å². The van der Waals surface area contributed by atoms with Gasteiger partial charge in [0.2, 0.25) is 5.91 Å². The van der Waals surface area contributed by atoms with Crippen LogP contribution >= 0.6 is 0 Å². The second kappa shape index (κ2) is 6.39. The Hall–Kier alpha value is -1.39. The minimum Gasteiger partial charge on any atom is -0.388 e. The van der Waals surface area contributed by atoms with Gasteiger partial charge in [0.15, 0.2) is 0 Å². The summed E-state index contributed by atoms with van der Waals surface area (Å²) in [6.07, 6.45) is 3.90. The van der Waals surface area contributed by atoms with Crippen molar-refractivity contribution in [1.82, 2.24) is 10.2 Å². The number of carbonyl (C=O) groups is 1. The number of nitrogens with zero attached hydrogens (tertiary/aromatic N) is 1. The second-order valence-corrected chi connectivity index (χ2v) is 6.75. The summed E-state index contributed by atoms with van der Waals surface area (Å²) in [4.78, 5) is 14.4. The molecule has 120 valence electrons. The summed E-state index contributed by atoms with van der Waals surface area (Å²) in [6.45, 7) is 4.09. The largest absolute Gasteiger partial charge is 0.388 e. The summed E-state index contributed by atoms with van der Waals surface area (Å²) >= 11 is 0. The number of rotatable bonds is 8. The minimum absolute atomic E-state index is 0.0836. The van der Waals surface area contributed by atoms with E-state index in [9.17, 15) is 9.90 Å².